The van der Waals surface area contributed by atoms with E-state index in [9.17, 15) is 17.2 Å². The summed E-state index contributed by atoms with van der Waals surface area (Å²) in [5, 5.41) is 0. The highest BCUT2D eigenvalue weighted by Crippen LogP contribution is 2.37. The van der Waals surface area contributed by atoms with Gasteiger partial charge in [-0.05, 0) is 30.7 Å². The molecule has 176 valence electrons. The van der Waals surface area contributed by atoms with Gasteiger partial charge in [0.2, 0.25) is 10.0 Å². The van der Waals surface area contributed by atoms with Crippen molar-refractivity contribution in [2.75, 3.05) is 20.6 Å². The number of aromatic amines is 1. The van der Waals surface area contributed by atoms with Crippen LogP contribution in [0.2, 0.25) is 0 Å². The molecule has 3 aromatic rings. The Bertz CT molecular complexity index is 1200. The van der Waals surface area contributed by atoms with Gasteiger partial charge in [-0.2, -0.15) is 0 Å². The van der Waals surface area contributed by atoms with Gasteiger partial charge in [0.25, 0.3) is 0 Å². The van der Waals surface area contributed by atoms with Crippen LogP contribution >= 0.6 is 24.8 Å². The molecule has 0 aliphatic heterocycles. The van der Waals surface area contributed by atoms with Crippen molar-refractivity contribution in [1.29, 1.82) is 0 Å². The van der Waals surface area contributed by atoms with Crippen LogP contribution in [0.1, 0.15) is 29.2 Å². The molecule has 3 rings (SSSR count). The Morgan fingerprint density at radius 2 is 1.88 bits per heavy atom. The first-order chi connectivity index (χ1) is 14.1. The summed E-state index contributed by atoms with van der Waals surface area (Å²) in [5.74, 6) is -1.32. The highest BCUT2D eigenvalue weighted by molar-refractivity contribution is 7.89. The van der Waals surface area contributed by atoms with E-state index in [0.717, 1.165) is 21.8 Å². The summed E-state index contributed by atoms with van der Waals surface area (Å²) in [5.41, 5.74) is 8.69. The summed E-state index contributed by atoms with van der Waals surface area (Å²) in [6.45, 7) is 1.88. The molecule has 1 aromatic carbocycles. The molecule has 0 bridgehead atoms. The molecule has 0 saturated heterocycles. The number of halogens is 4. The lowest BCUT2D eigenvalue weighted by molar-refractivity contribution is 0.520. The van der Waals surface area contributed by atoms with Gasteiger partial charge in [0, 0.05) is 50.3 Å². The number of rotatable bonds is 7. The fraction of sp³-hybridized carbons (Fsp3) is 0.286. The van der Waals surface area contributed by atoms with E-state index in [4.69, 9.17) is 5.73 Å². The summed E-state index contributed by atoms with van der Waals surface area (Å²) >= 11 is 0. The number of fused-ring (bicyclic) bond motifs is 1. The number of H-pyrrole nitrogens is 1. The number of allylic oxidation sites excluding steroid dienone is 1. The number of nitrogens with one attached hydrogen (secondary N) is 1. The van der Waals surface area contributed by atoms with Gasteiger partial charge in [0.15, 0.2) is 0 Å². The largest absolute Gasteiger partial charge is 0.357 e. The molecule has 2 aromatic heterocycles. The van der Waals surface area contributed by atoms with Crippen molar-refractivity contribution >= 4 is 45.9 Å². The quantitative estimate of drug-likeness (QED) is 0.495. The molecule has 0 saturated carbocycles. The van der Waals surface area contributed by atoms with Crippen molar-refractivity contribution < 1.29 is 17.2 Å². The number of nitrogens with two attached hydrogens (primary N) is 1. The molecule has 0 fully saturated rings. The summed E-state index contributed by atoms with van der Waals surface area (Å²) in [6.07, 6.45) is 2.44. The standard InChI is InChI=1S/C21H24F2N4O2S.2ClH/c1-13-20(21-19(26-13)11-16(23)12-25-21)18(10-15(22)8-9-24)14-4-6-17(7-5-14)30(28,29)27(2)3;;/h4-8,11-12,18,26H,9-10,24H2,1-3H3;2*1H/b15-8-;;. The predicted octanol–water partition coefficient (Wildman–Crippen LogP) is 4.44. The number of pyridine rings is 1. The fourth-order valence-electron chi connectivity index (χ4n) is 3.50. The lowest BCUT2D eigenvalue weighted by Gasteiger charge is -2.19. The first-order valence-corrected chi connectivity index (χ1v) is 10.8. The van der Waals surface area contributed by atoms with Gasteiger partial charge in [-0.25, -0.2) is 21.5 Å². The van der Waals surface area contributed by atoms with Crippen molar-refractivity contribution in [3.8, 4) is 0 Å². The van der Waals surface area contributed by atoms with E-state index in [1.165, 1.54) is 38.4 Å². The number of aromatic nitrogens is 2. The molecule has 0 spiro atoms. The number of hydrogen-bond donors (Lipinski definition) is 2. The maximum atomic E-state index is 14.5. The van der Waals surface area contributed by atoms with Crippen LogP contribution in [0.15, 0.2) is 53.3 Å². The highest BCUT2D eigenvalue weighted by atomic mass is 35.5. The molecule has 0 amide bonds. The average Bonchev–Trinajstić information content (AvgIpc) is 3.01. The normalized spacial score (nSPS) is 13.0. The number of sulfonamides is 1. The van der Waals surface area contributed by atoms with Gasteiger partial charge in [-0.1, -0.05) is 12.1 Å². The van der Waals surface area contributed by atoms with Crippen molar-refractivity contribution in [2.45, 2.75) is 24.2 Å². The van der Waals surface area contributed by atoms with Crippen LogP contribution in [0.4, 0.5) is 8.78 Å². The molecular weight excluding hydrogens is 481 g/mol. The van der Waals surface area contributed by atoms with E-state index in [1.54, 1.807) is 12.1 Å². The monoisotopic (exact) mass is 506 g/mol. The molecule has 11 heteroatoms. The lowest BCUT2D eigenvalue weighted by Crippen LogP contribution is -2.22. The predicted molar refractivity (Wildman–Crippen MR) is 127 cm³/mol. The Morgan fingerprint density at radius 3 is 2.44 bits per heavy atom. The molecule has 3 N–H and O–H groups in total. The smallest absolute Gasteiger partial charge is 0.242 e. The van der Waals surface area contributed by atoms with Crippen LogP contribution in [0.5, 0.6) is 0 Å². The molecule has 2 heterocycles. The van der Waals surface area contributed by atoms with Crippen molar-refractivity contribution in [1.82, 2.24) is 14.3 Å². The Morgan fingerprint density at radius 1 is 1.25 bits per heavy atom. The van der Waals surface area contributed by atoms with Gasteiger partial charge in [0.05, 0.1) is 28.0 Å². The number of nitrogens with zero attached hydrogens (tertiary/aromatic N) is 2. The van der Waals surface area contributed by atoms with E-state index >= 15 is 0 Å². The summed E-state index contributed by atoms with van der Waals surface area (Å²) in [6, 6.07) is 7.67. The minimum atomic E-state index is -3.58. The number of benzene rings is 1. The Hall–Kier alpha value is -2.04. The Kier molecular flexibility index (Phi) is 9.80. The fourth-order valence-corrected chi connectivity index (χ4v) is 4.40. The van der Waals surface area contributed by atoms with E-state index in [-0.39, 0.29) is 48.5 Å². The second-order valence-electron chi connectivity index (χ2n) is 7.21. The SMILES string of the molecule is Cc1[nH]c2cc(F)cnc2c1C(C/C(F)=C/CN)c1ccc(S(=O)(=O)N(C)C)cc1.Cl.Cl. The zero-order valence-corrected chi connectivity index (χ0v) is 20.3. The molecular formula is C21H26Cl2F2N4O2S. The van der Waals surface area contributed by atoms with Crippen molar-refractivity contribution in [2.24, 2.45) is 5.73 Å². The zero-order valence-electron chi connectivity index (χ0n) is 17.8. The van der Waals surface area contributed by atoms with Gasteiger partial charge < -0.3 is 10.7 Å². The second-order valence-corrected chi connectivity index (χ2v) is 9.37. The van der Waals surface area contributed by atoms with Gasteiger partial charge in [0.1, 0.15) is 5.82 Å². The minimum Gasteiger partial charge on any atom is -0.357 e. The Balaban J connectivity index is 0.00000256. The molecule has 32 heavy (non-hydrogen) atoms. The minimum absolute atomic E-state index is 0. The van der Waals surface area contributed by atoms with E-state index in [0.29, 0.717) is 16.6 Å². The molecule has 6 nitrogen and oxygen atoms in total. The third kappa shape index (κ3) is 5.65. The van der Waals surface area contributed by atoms with Crippen LogP contribution in [-0.2, 0) is 10.0 Å². The van der Waals surface area contributed by atoms with Crippen LogP contribution in [0, 0.1) is 12.7 Å². The Labute approximate surface area is 198 Å². The number of hydrogen-bond acceptors (Lipinski definition) is 4. The van der Waals surface area contributed by atoms with Crippen LogP contribution in [-0.4, -0.2) is 43.3 Å². The molecule has 1 unspecified atom stereocenters. The van der Waals surface area contributed by atoms with E-state index in [2.05, 4.69) is 9.97 Å². The van der Waals surface area contributed by atoms with Gasteiger partial charge in [-0.15, -0.1) is 24.8 Å². The highest BCUT2D eigenvalue weighted by Gasteiger charge is 2.25. The third-order valence-electron chi connectivity index (χ3n) is 4.98. The topological polar surface area (TPSA) is 92.1 Å². The van der Waals surface area contributed by atoms with Gasteiger partial charge >= 0.3 is 0 Å². The van der Waals surface area contributed by atoms with Crippen LogP contribution in [0.25, 0.3) is 11.0 Å². The zero-order chi connectivity index (χ0) is 22.1. The molecule has 0 aliphatic carbocycles. The van der Waals surface area contributed by atoms with Gasteiger partial charge in [-0.3, -0.25) is 4.98 Å². The second kappa shape index (κ2) is 11.2. The van der Waals surface area contributed by atoms with Crippen LogP contribution < -0.4 is 5.73 Å². The maximum absolute atomic E-state index is 14.5. The first-order valence-electron chi connectivity index (χ1n) is 9.36. The first kappa shape index (κ1) is 28.0. The number of aryl methyl sites for hydroxylation is 1. The van der Waals surface area contributed by atoms with E-state index in [1.807, 2.05) is 6.92 Å². The van der Waals surface area contributed by atoms with Crippen molar-refractivity contribution in [3.63, 3.8) is 0 Å². The third-order valence-corrected chi connectivity index (χ3v) is 6.81. The summed E-state index contributed by atoms with van der Waals surface area (Å²) < 4.78 is 53.9. The molecule has 1 atom stereocenters. The maximum Gasteiger partial charge on any atom is 0.242 e. The molecule has 0 aliphatic rings. The van der Waals surface area contributed by atoms with E-state index < -0.39 is 21.8 Å². The van der Waals surface area contributed by atoms with Crippen molar-refractivity contribution in [3.05, 3.63) is 71.1 Å². The summed E-state index contributed by atoms with van der Waals surface area (Å²) in [7, 11) is -0.666. The van der Waals surface area contributed by atoms with Crippen LogP contribution in [0.3, 0.4) is 0 Å². The lowest BCUT2D eigenvalue weighted by atomic mass is 9.87. The average molecular weight is 507 g/mol. The summed E-state index contributed by atoms with van der Waals surface area (Å²) in [4.78, 5) is 7.45. The molecule has 0 radical (unpaired) electrons.